The monoisotopic (exact) mass is 353 g/mol. The van der Waals surface area contributed by atoms with Crippen molar-refractivity contribution in [1.82, 2.24) is 5.43 Å². The maximum Gasteiger partial charge on any atom is 0.184 e. The molecule has 7 heteroatoms. The molecule has 3 N–H and O–H groups in total. The van der Waals surface area contributed by atoms with Crippen LogP contribution in [0.4, 0.5) is 0 Å². The van der Waals surface area contributed by atoms with E-state index < -0.39 is 0 Å². The Morgan fingerprint density at radius 1 is 1.27 bits per heavy atom. The number of hydrazone groups is 1. The van der Waals surface area contributed by atoms with E-state index >= 15 is 0 Å². The average Bonchev–Trinajstić information content (AvgIpc) is 2.46. The van der Waals surface area contributed by atoms with Crippen molar-refractivity contribution in [1.29, 1.82) is 0 Å². The molecule has 4 nitrogen and oxygen atoms in total. The van der Waals surface area contributed by atoms with E-state index in [0.29, 0.717) is 22.4 Å². The van der Waals surface area contributed by atoms with Crippen molar-refractivity contribution in [3.8, 4) is 5.75 Å². The van der Waals surface area contributed by atoms with Gasteiger partial charge in [0.1, 0.15) is 12.4 Å². The van der Waals surface area contributed by atoms with Crippen LogP contribution < -0.4 is 15.9 Å². The molecule has 0 aliphatic heterocycles. The molecule has 0 unspecified atom stereocenters. The number of nitrogens with two attached hydrogens (primary N) is 1. The lowest BCUT2D eigenvalue weighted by atomic mass is 10.2. The highest BCUT2D eigenvalue weighted by atomic mass is 35.5. The summed E-state index contributed by atoms with van der Waals surface area (Å²) in [4.78, 5) is 0. The first-order chi connectivity index (χ1) is 10.5. The normalized spacial score (nSPS) is 10.6. The number of hydrogen-bond acceptors (Lipinski definition) is 3. The van der Waals surface area contributed by atoms with Gasteiger partial charge in [-0.15, -0.1) is 0 Å². The Bertz CT molecular complexity index is 707. The predicted molar refractivity (Wildman–Crippen MR) is 94.8 cm³/mol. The number of thiocarbonyl (C=S) groups is 1. The summed E-state index contributed by atoms with van der Waals surface area (Å²) in [5, 5.41) is 5.17. The third-order valence-electron chi connectivity index (χ3n) is 2.66. The molecule has 0 saturated carbocycles. The molecule has 2 aromatic carbocycles. The second-order valence-electron chi connectivity index (χ2n) is 4.33. The molecule has 0 saturated heterocycles. The summed E-state index contributed by atoms with van der Waals surface area (Å²) in [5.41, 5.74) is 9.49. The summed E-state index contributed by atoms with van der Waals surface area (Å²) in [6.45, 7) is 0.349. The van der Waals surface area contributed by atoms with Crippen LogP contribution in [0.5, 0.6) is 5.75 Å². The van der Waals surface area contributed by atoms with E-state index in [-0.39, 0.29) is 5.11 Å². The molecule has 0 heterocycles. The van der Waals surface area contributed by atoms with Crippen molar-refractivity contribution in [2.75, 3.05) is 0 Å². The topological polar surface area (TPSA) is 59.6 Å². The van der Waals surface area contributed by atoms with Crippen LogP contribution in [0.2, 0.25) is 10.0 Å². The second kappa shape index (κ2) is 7.98. The highest BCUT2D eigenvalue weighted by molar-refractivity contribution is 7.80. The minimum Gasteiger partial charge on any atom is -0.489 e. The van der Waals surface area contributed by atoms with Crippen LogP contribution in [0.3, 0.4) is 0 Å². The van der Waals surface area contributed by atoms with Gasteiger partial charge in [-0.25, -0.2) is 0 Å². The van der Waals surface area contributed by atoms with Crippen LogP contribution in [-0.2, 0) is 6.61 Å². The Morgan fingerprint density at radius 3 is 2.82 bits per heavy atom. The van der Waals surface area contributed by atoms with E-state index in [0.717, 1.165) is 11.1 Å². The standard InChI is InChI=1S/C15H13Cl2N3OS/c16-12-5-4-11(14(17)7-12)9-21-13-3-1-2-10(6-13)8-19-20-15(18)22/h1-8H,9H2,(H3,18,20,22)/b19-8+. The third-order valence-corrected chi connectivity index (χ3v) is 3.33. The smallest absolute Gasteiger partial charge is 0.184 e. The van der Waals surface area contributed by atoms with Crippen molar-refractivity contribution in [3.05, 3.63) is 63.6 Å². The molecule has 0 atom stereocenters. The first-order valence-electron chi connectivity index (χ1n) is 6.30. The summed E-state index contributed by atoms with van der Waals surface area (Å²) in [6.07, 6.45) is 1.60. The van der Waals surface area contributed by atoms with Gasteiger partial charge in [-0.1, -0.05) is 41.4 Å². The van der Waals surface area contributed by atoms with Crippen molar-refractivity contribution >= 4 is 46.7 Å². The van der Waals surface area contributed by atoms with E-state index in [1.165, 1.54) is 0 Å². The van der Waals surface area contributed by atoms with E-state index in [4.69, 9.17) is 33.7 Å². The Balaban J connectivity index is 2.01. The molecule has 0 fully saturated rings. The number of benzene rings is 2. The van der Waals surface area contributed by atoms with Gasteiger partial charge in [0, 0.05) is 15.6 Å². The van der Waals surface area contributed by atoms with Gasteiger partial charge in [0.15, 0.2) is 5.11 Å². The molecule has 0 aliphatic rings. The molecule has 22 heavy (non-hydrogen) atoms. The van der Waals surface area contributed by atoms with Gasteiger partial charge in [-0.3, -0.25) is 5.43 Å². The molecule has 0 spiro atoms. The van der Waals surface area contributed by atoms with Crippen LogP contribution in [0.1, 0.15) is 11.1 Å². The van der Waals surface area contributed by atoms with E-state index in [1.807, 2.05) is 30.3 Å². The van der Waals surface area contributed by atoms with Crippen LogP contribution >= 0.6 is 35.4 Å². The number of nitrogens with zero attached hydrogens (tertiary/aromatic N) is 1. The van der Waals surface area contributed by atoms with Crippen molar-refractivity contribution in [2.45, 2.75) is 6.61 Å². The maximum absolute atomic E-state index is 6.11. The zero-order valence-corrected chi connectivity index (χ0v) is 13.8. The quantitative estimate of drug-likeness (QED) is 0.488. The molecule has 0 radical (unpaired) electrons. The number of hydrogen-bond donors (Lipinski definition) is 2. The molecule has 0 amide bonds. The molecule has 0 bridgehead atoms. The summed E-state index contributed by atoms with van der Waals surface area (Å²) in [6, 6.07) is 12.7. The fourth-order valence-corrected chi connectivity index (χ4v) is 2.17. The Kier molecular flexibility index (Phi) is 6.00. The summed E-state index contributed by atoms with van der Waals surface area (Å²) >= 11 is 16.6. The summed E-state index contributed by atoms with van der Waals surface area (Å²) in [7, 11) is 0. The van der Waals surface area contributed by atoms with Gasteiger partial charge < -0.3 is 10.5 Å². The van der Waals surface area contributed by atoms with Gasteiger partial charge >= 0.3 is 0 Å². The molecule has 2 rings (SSSR count). The highest BCUT2D eigenvalue weighted by Crippen LogP contribution is 2.22. The van der Waals surface area contributed by atoms with Crippen LogP contribution in [0.25, 0.3) is 0 Å². The van der Waals surface area contributed by atoms with Crippen molar-refractivity contribution < 1.29 is 4.74 Å². The summed E-state index contributed by atoms with van der Waals surface area (Å²) in [5.74, 6) is 0.699. The first-order valence-corrected chi connectivity index (χ1v) is 7.46. The highest BCUT2D eigenvalue weighted by Gasteiger charge is 2.03. The molecular formula is C15H13Cl2N3OS. The molecular weight excluding hydrogens is 341 g/mol. The molecule has 0 aliphatic carbocycles. The molecule has 114 valence electrons. The Hall–Kier alpha value is -1.82. The molecule has 0 aromatic heterocycles. The first kappa shape index (κ1) is 16.5. The average molecular weight is 354 g/mol. The van der Waals surface area contributed by atoms with Gasteiger partial charge in [0.05, 0.1) is 6.21 Å². The number of ether oxygens (including phenoxy) is 1. The van der Waals surface area contributed by atoms with E-state index in [2.05, 4.69) is 22.7 Å². The van der Waals surface area contributed by atoms with Gasteiger partial charge in [-0.05, 0) is 42.0 Å². The van der Waals surface area contributed by atoms with Crippen LogP contribution in [0, 0.1) is 0 Å². The largest absolute Gasteiger partial charge is 0.489 e. The maximum atomic E-state index is 6.11. The minimum absolute atomic E-state index is 0.112. The lowest BCUT2D eigenvalue weighted by Gasteiger charge is -2.08. The van der Waals surface area contributed by atoms with Gasteiger partial charge in [0.2, 0.25) is 0 Å². The fourth-order valence-electron chi connectivity index (χ4n) is 1.65. The van der Waals surface area contributed by atoms with Crippen LogP contribution in [0.15, 0.2) is 47.6 Å². The minimum atomic E-state index is 0.112. The number of rotatable bonds is 5. The van der Waals surface area contributed by atoms with Crippen molar-refractivity contribution in [2.24, 2.45) is 10.8 Å². The fraction of sp³-hybridized carbons (Fsp3) is 0.0667. The number of nitrogens with one attached hydrogen (secondary N) is 1. The van der Waals surface area contributed by atoms with Gasteiger partial charge in [-0.2, -0.15) is 5.10 Å². The Morgan fingerprint density at radius 2 is 2.09 bits per heavy atom. The zero-order valence-electron chi connectivity index (χ0n) is 11.4. The number of halogens is 2. The predicted octanol–water partition coefficient (Wildman–Crippen LogP) is 3.74. The van der Waals surface area contributed by atoms with Gasteiger partial charge in [0.25, 0.3) is 0 Å². The van der Waals surface area contributed by atoms with E-state index in [1.54, 1.807) is 18.3 Å². The lowest BCUT2D eigenvalue weighted by Crippen LogP contribution is -2.23. The zero-order chi connectivity index (χ0) is 15.9. The SMILES string of the molecule is NC(=S)N/N=C/c1cccc(OCc2ccc(Cl)cc2Cl)c1. The Labute approximate surface area is 143 Å². The molecule has 2 aromatic rings. The van der Waals surface area contributed by atoms with Crippen molar-refractivity contribution in [3.63, 3.8) is 0 Å². The third kappa shape index (κ3) is 5.18. The summed E-state index contributed by atoms with van der Waals surface area (Å²) < 4.78 is 5.72. The van der Waals surface area contributed by atoms with E-state index in [9.17, 15) is 0 Å². The van der Waals surface area contributed by atoms with Crippen LogP contribution in [-0.4, -0.2) is 11.3 Å². The second-order valence-corrected chi connectivity index (χ2v) is 5.61. The lowest BCUT2D eigenvalue weighted by molar-refractivity contribution is 0.306.